The summed E-state index contributed by atoms with van der Waals surface area (Å²) in [7, 11) is 0. The highest BCUT2D eigenvalue weighted by Crippen LogP contribution is 2.40. The molecule has 1 aromatic carbocycles. The number of ether oxygens (including phenoxy) is 1. The fourth-order valence-corrected chi connectivity index (χ4v) is 2.18. The number of hydrogen-bond acceptors (Lipinski definition) is 3. The van der Waals surface area contributed by atoms with Crippen molar-refractivity contribution in [1.82, 2.24) is 5.32 Å². The van der Waals surface area contributed by atoms with Crippen LogP contribution in [0, 0.1) is 28.9 Å². The highest BCUT2D eigenvalue weighted by atomic mass is 19.1. The first kappa shape index (κ1) is 14.7. The maximum absolute atomic E-state index is 13.5. The lowest BCUT2D eigenvalue weighted by atomic mass is 9.96. The van der Waals surface area contributed by atoms with Gasteiger partial charge in [-0.3, -0.25) is 5.32 Å². The SMILES string of the molecule is CCCNC(C#N)(COc1cc(F)ccc1F)C1CC1. The second kappa shape index (κ2) is 6.19. The molecule has 0 spiro atoms. The van der Waals surface area contributed by atoms with Gasteiger partial charge in [0.05, 0.1) is 6.07 Å². The van der Waals surface area contributed by atoms with E-state index in [0.29, 0.717) is 6.54 Å². The van der Waals surface area contributed by atoms with Crippen molar-refractivity contribution in [3.8, 4) is 11.8 Å². The molecule has 20 heavy (non-hydrogen) atoms. The predicted molar refractivity (Wildman–Crippen MR) is 71.2 cm³/mol. The van der Waals surface area contributed by atoms with Gasteiger partial charge in [-0.1, -0.05) is 6.92 Å². The molecule has 1 aliphatic rings. The molecule has 0 bridgehead atoms. The van der Waals surface area contributed by atoms with Crippen LogP contribution in [0.3, 0.4) is 0 Å². The van der Waals surface area contributed by atoms with Gasteiger partial charge in [0.2, 0.25) is 0 Å². The van der Waals surface area contributed by atoms with Crippen LogP contribution in [0.15, 0.2) is 18.2 Å². The van der Waals surface area contributed by atoms with Gasteiger partial charge < -0.3 is 4.74 Å². The van der Waals surface area contributed by atoms with E-state index in [0.717, 1.165) is 37.5 Å². The van der Waals surface area contributed by atoms with Crippen LogP contribution >= 0.6 is 0 Å². The molecule has 2 rings (SSSR count). The molecule has 5 heteroatoms. The average Bonchev–Trinajstić information content (AvgIpc) is 3.28. The van der Waals surface area contributed by atoms with E-state index in [2.05, 4.69) is 11.4 Å². The summed E-state index contributed by atoms with van der Waals surface area (Å²) in [6.45, 7) is 2.72. The van der Waals surface area contributed by atoms with Crippen LogP contribution in [0.25, 0.3) is 0 Å². The minimum atomic E-state index is -0.811. The molecule has 1 aromatic rings. The Morgan fingerprint density at radius 1 is 1.45 bits per heavy atom. The molecule has 3 nitrogen and oxygen atoms in total. The fourth-order valence-electron chi connectivity index (χ4n) is 2.18. The van der Waals surface area contributed by atoms with Crippen LogP contribution in [-0.4, -0.2) is 18.7 Å². The monoisotopic (exact) mass is 280 g/mol. The minimum absolute atomic E-state index is 0.0224. The van der Waals surface area contributed by atoms with Crippen molar-refractivity contribution in [1.29, 1.82) is 5.26 Å². The van der Waals surface area contributed by atoms with Gasteiger partial charge in [-0.25, -0.2) is 8.78 Å². The molecule has 1 fully saturated rings. The Morgan fingerprint density at radius 2 is 2.20 bits per heavy atom. The Balaban J connectivity index is 2.08. The van der Waals surface area contributed by atoms with Gasteiger partial charge in [-0.15, -0.1) is 0 Å². The lowest BCUT2D eigenvalue weighted by Crippen LogP contribution is -2.51. The normalized spacial score (nSPS) is 17.3. The predicted octanol–water partition coefficient (Wildman–Crippen LogP) is 3.02. The molecule has 1 aliphatic carbocycles. The largest absolute Gasteiger partial charge is 0.487 e. The van der Waals surface area contributed by atoms with Gasteiger partial charge in [0.15, 0.2) is 11.6 Å². The number of nitrogens with one attached hydrogen (secondary N) is 1. The molecule has 108 valence electrons. The van der Waals surface area contributed by atoms with Crippen LogP contribution in [0.1, 0.15) is 26.2 Å². The van der Waals surface area contributed by atoms with Crippen molar-refractivity contribution in [2.45, 2.75) is 31.7 Å². The zero-order chi connectivity index (χ0) is 14.6. The highest BCUT2D eigenvalue weighted by Gasteiger charge is 2.46. The van der Waals surface area contributed by atoms with Crippen LogP contribution < -0.4 is 10.1 Å². The quantitative estimate of drug-likeness (QED) is 0.835. The van der Waals surface area contributed by atoms with Crippen LogP contribution in [0.4, 0.5) is 8.78 Å². The van der Waals surface area contributed by atoms with Crippen molar-refractivity contribution < 1.29 is 13.5 Å². The topological polar surface area (TPSA) is 45.0 Å². The number of nitrogens with zero attached hydrogens (tertiary/aromatic N) is 1. The Morgan fingerprint density at radius 3 is 2.80 bits per heavy atom. The Labute approximate surface area is 117 Å². The number of halogens is 2. The first-order chi connectivity index (χ1) is 9.61. The molecule has 0 aliphatic heterocycles. The average molecular weight is 280 g/mol. The van der Waals surface area contributed by atoms with Crippen molar-refractivity contribution >= 4 is 0 Å². The van der Waals surface area contributed by atoms with Crippen molar-refractivity contribution in [2.75, 3.05) is 13.2 Å². The van der Waals surface area contributed by atoms with Gasteiger partial charge in [0.1, 0.15) is 18.0 Å². The maximum Gasteiger partial charge on any atom is 0.165 e. The summed E-state index contributed by atoms with van der Waals surface area (Å²) in [5.74, 6) is -1.11. The molecule has 0 saturated heterocycles. The summed E-state index contributed by atoms with van der Waals surface area (Å²) in [4.78, 5) is 0. The number of nitriles is 1. The second-order valence-corrected chi connectivity index (χ2v) is 5.15. The molecular formula is C15H18F2N2O. The molecule has 0 aromatic heterocycles. The number of hydrogen-bond donors (Lipinski definition) is 1. The second-order valence-electron chi connectivity index (χ2n) is 5.15. The Bertz CT molecular complexity index is 511. The molecule has 1 atom stereocenters. The van der Waals surface area contributed by atoms with E-state index in [1.165, 1.54) is 0 Å². The lowest BCUT2D eigenvalue weighted by molar-refractivity contribution is 0.195. The van der Waals surface area contributed by atoms with E-state index in [4.69, 9.17) is 4.74 Å². The van der Waals surface area contributed by atoms with E-state index in [-0.39, 0.29) is 18.3 Å². The lowest BCUT2D eigenvalue weighted by Gasteiger charge is -2.28. The molecule has 1 unspecified atom stereocenters. The Hall–Kier alpha value is -1.67. The van der Waals surface area contributed by atoms with Gasteiger partial charge in [-0.05, 0) is 43.9 Å². The zero-order valence-electron chi connectivity index (χ0n) is 11.5. The fraction of sp³-hybridized carbons (Fsp3) is 0.533. The van der Waals surface area contributed by atoms with Crippen molar-refractivity contribution in [2.24, 2.45) is 5.92 Å². The molecule has 1 saturated carbocycles. The zero-order valence-corrected chi connectivity index (χ0v) is 11.5. The Kier molecular flexibility index (Phi) is 4.56. The first-order valence-electron chi connectivity index (χ1n) is 6.85. The van der Waals surface area contributed by atoms with Crippen LogP contribution in [0.5, 0.6) is 5.75 Å². The number of benzene rings is 1. The summed E-state index contributed by atoms with van der Waals surface area (Å²) in [5.41, 5.74) is -0.811. The van der Waals surface area contributed by atoms with E-state index in [9.17, 15) is 14.0 Å². The highest BCUT2D eigenvalue weighted by molar-refractivity contribution is 5.26. The maximum atomic E-state index is 13.5. The standard InChI is InChI=1S/C15H18F2N2O/c1-2-7-19-15(9-18,11-3-4-11)10-20-14-8-12(16)5-6-13(14)17/h5-6,8,11,19H,2-4,7,10H2,1H3. The van der Waals surface area contributed by atoms with E-state index < -0.39 is 17.2 Å². The number of rotatable bonds is 7. The van der Waals surface area contributed by atoms with Crippen molar-refractivity contribution in [3.05, 3.63) is 29.8 Å². The first-order valence-corrected chi connectivity index (χ1v) is 6.85. The molecule has 0 heterocycles. The summed E-state index contributed by atoms with van der Waals surface area (Å²) in [5, 5.41) is 12.7. The summed E-state index contributed by atoms with van der Waals surface area (Å²) in [6, 6.07) is 5.33. The van der Waals surface area contributed by atoms with Gasteiger partial charge in [0.25, 0.3) is 0 Å². The van der Waals surface area contributed by atoms with Gasteiger partial charge in [0, 0.05) is 6.07 Å². The van der Waals surface area contributed by atoms with Crippen molar-refractivity contribution in [3.63, 3.8) is 0 Å². The molecular weight excluding hydrogens is 262 g/mol. The smallest absolute Gasteiger partial charge is 0.165 e. The third-order valence-corrected chi connectivity index (χ3v) is 3.51. The van der Waals surface area contributed by atoms with E-state index in [1.807, 2.05) is 6.92 Å². The van der Waals surface area contributed by atoms with E-state index >= 15 is 0 Å². The van der Waals surface area contributed by atoms with Crippen LogP contribution in [0.2, 0.25) is 0 Å². The minimum Gasteiger partial charge on any atom is -0.487 e. The van der Waals surface area contributed by atoms with Gasteiger partial charge in [-0.2, -0.15) is 5.26 Å². The summed E-state index contributed by atoms with van der Waals surface area (Å²) in [6.07, 6.45) is 2.81. The summed E-state index contributed by atoms with van der Waals surface area (Å²) < 4.78 is 32.0. The molecule has 0 radical (unpaired) electrons. The van der Waals surface area contributed by atoms with Gasteiger partial charge >= 0.3 is 0 Å². The molecule has 1 N–H and O–H groups in total. The van der Waals surface area contributed by atoms with E-state index in [1.54, 1.807) is 0 Å². The van der Waals surface area contributed by atoms with Crippen LogP contribution in [-0.2, 0) is 0 Å². The summed E-state index contributed by atoms with van der Waals surface area (Å²) >= 11 is 0. The third-order valence-electron chi connectivity index (χ3n) is 3.51. The molecule has 0 amide bonds. The third kappa shape index (κ3) is 3.26.